The molecule has 0 spiro atoms. The molecule has 0 saturated heterocycles. The number of nitrogens with two attached hydrogens (primary N) is 2. The molecule has 1 unspecified atom stereocenters. The lowest BCUT2D eigenvalue weighted by atomic mass is 10.2. The molecule has 0 aliphatic rings. The number of rotatable bonds is 7. The van der Waals surface area contributed by atoms with E-state index < -0.39 is 11.0 Å². The van der Waals surface area contributed by atoms with Crippen molar-refractivity contribution in [2.75, 3.05) is 6.54 Å². The first kappa shape index (κ1) is 17.6. The van der Waals surface area contributed by atoms with Crippen molar-refractivity contribution < 1.29 is 4.21 Å². The van der Waals surface area contributed by atoms with Gasteiger partial charge >= 0.3 is 0 Å². The summed E-state index contributed by atoms with van der Waals surface area (Å²) in [4.78, 5) is 4.48. The Morgan fingerprint density at radius 1 is 1.29 bits per heavy atom. The van der Waals surface area contributed by atoms with Crippen LogP contribution in [0.4, 0.5) is 0 Å². The van der Waals surface area contributed by atoms with E-state index in [-0.39, 0.29) is 12.4 Å². The van der Waals surface area contributed by atoms with Gasteiger partial charge in [0.25, 0.3) is 0 Å². The van der Waals surface area contributed by atoms with Gasteiger partial charge in [0.05, 0.1) is 24.1 Å². The molecule has 2 aromatic rings. The van der Waals surface area contributed by atoms with Gasteiger partial charge in [0.2, 0.25) is 0 Å². The molecular weight excluding hydrogens is 326 g/mol. The van der Waals surface area contributed by atoms with Crippen molar-refractivity contribution in [2.24, 2.45) is 16.7 Å². The van der Waals surface area contributed by atoms with E-state index in [0.717, 1.165) is 5.56 Å². The lowest BCUT2D eigenvalue weighted by Crippen LogP contribution is -2.29. The van der Waals surface area contributed by atoms with Crippen LogP contribution in [-0.4, -0.2) is 26.7 Å². The van der Waals surface area contributed by atoms with Crippen molar-refractivity contribution in [2.45, 2.75) is 11.4 Å². The van der Waals surface area contributed by atoms with Crippen molar-refractivity contribution in [3.63, 3.8) is 0 Å². The highest BCUT2D eigenvalue weighted by Gasteiger charge is 2.06. The summed E-state index contributed by atoms with van der Waals surface area (Å²) in [5.41, 5.74) is 7.55. The van der Waals surface area contributed by atoms with Crippen LogP contribution in [0.15, 0.2) is 58.8 Å². The van der Waals surface area contributed by atoms with Crippen LogP contribution in [0.3, 0.4) is 0 Å². The summed E-state index contributed by atoms with van der Waals surface area (Å²) in [6, 6.07) is 12.2. The number of benzene rings is 1. The van der Waals surface area contributed by atoms with Gasteiger partial charge in [-0.3, -0.25) is 4.98 Å². The number of aromatic nitrogens is 1. The molecule has 0 saturated carbocycles. The van der Waals surface area contributed by atoms with Crippen molar-refractivity contribution in [1.29, 1.82) is 5.26 Å². The number of hydrazone groups is 1. The van der Waals surface area contributed by atoms with Crippen molar-refractivity contribution in [1.82, 2.24) is 14.8 Å². The molecular formula is C15H17N7OS. The second-order valence-corrected chi connectivity index (χ2v) is 6.01. The predicted octanol–water partition coefficient (Wildman–Crippen LogP) is 0.214. The number of nitrogens with one attached hydrogen (secondary N) is 1. The summed E-state index contributed by atoms with van der Waals surface area (Å²) in [6.45, 7) is 0.401. The second-order valence-electron chi connectivity index (χ2n) is 4.71. The van der Waals surface area contributed by atoms with Gasteiger partial charge in [-0.25, -0.2) is 19.9 Å². The quantitative estimate of drug-likeness (QED) is 0.216. The Hall–Kier alpha value is -2.80. The molecule has 1 atom stereocenters. The monoisotopic (exact) mass is 343 g/mol. The Morgan fingerprint density at radius 3 is 2.58 bits per heavy atom. The molecule has 1 heterocycles. The van der Waals surface area contributed by atoms with Crippen LogP contribution in [0.25, 0.3) is 0 Å². The number of hydrogen-bond acceptors (Lipinski definition) is 6. The number of amidine groups is 1. The molecule has 0 bridgehead atoms. The van der Waals surface area contributed by atoms with E-state index in [0.29, 0.717) is 17.0 Å². The Kier molecular flexibility index (Phi) is 6.39. The molecule has 8 nitrogen and oxygen atoms in total. The van der Waals surface area contributed by atoms with E-state index >= 15 is 0 Å². The normalized spacial score (nSPS) is 12.4. The fourth-order valence-corrected chi connectivity index (χ4v) is 2.58. The van der Waals surface area contributed by atoms with E-state index in [4.69, 9.17) is 16.8 Å². The minimum absolute atomic E-state index is 0.00903. The molecule has 1 aromatic carbocycles. The molecule has 2 rings (SSSR count). The van der Waals surface area contributed by atoms with Crippen LogP contribution in [0.1, 0.15) is 11.1 Å². The minimum Gasteiger partial charge on any atom is -0.382 e. The zero-order chi connectivity index (χ0) is 17.4. The minimum atomic E-state index is -1.44. The van der Waals surface area contributed by atoms with Crippen LogP contribution in [0.2, 0.25) is 0 Å². The van der Waals surface area contributed by atoms with E-state index in [1.165, 1.54) is 5.12 Å². The van der Waals surface area contributed by atoms with Crippen molar-refractivity contribution in [3.8, 4) is 6.07 Å². The predicted molar refractivity (Wildman–Crippen MR) is 91.2 cm³/mol. The third-order valence-electron chi connectivity index (χ3n) is 2.98. The van der Waals surface area contributed by atoms with E-state index in [1.807, 2.05) is 18.2 Å². The summed E-state index contributed by atoms with van der Waals surface area (Å²) in [5.74, 6) is 6.08. The molecule has 0 amide bonds. The van der Waals surface area contributed by atoms with E-state index in [9.17, 15) is 4.21 Å². The maximum absolute atomic E-state index is 11.8. The topological polar surface area (TPSA) is 133 Å². The number of hydrazine groups is 1. The summed E-state index contributed by atoms with van der Waals surface area (Å²) >= 11 is 0. The van der Waals surface area contributed by atoms with Gasteiger partial charge in [0.15, 0.2) is 5.84 Å². The SMILES string of the molecule is N#CCNS(=O)c1ccc(/C(N)=N/N(N)Cc2ccncc2)cc1. The molecule has 9 heteroatoms. The molecule has 0 aliphatic carbocycles. The van der Waals surface area contributed by atoms with Crippen molar-refractivity contribution in [3.05, 3.63) is 59.9 Å². The molecule has 5 N–H and O–H groups in total. The second kappa shape index (κ2) is 8.73. The Labute approximate surface area is 142 Å². The zero-order valence-corrected chi connectivity index (χ0v) is 13.6. The first-order valence-electron chi connectivity index (χ1n) is 6.98. The molecule has 0 radical (unpaired) electrons. The van der Waals surface area contributed by atoms with Crippen molar-refractivity contribution >= 4 is 16.8 Å². The number of pyridine rings is 1. The Morgan fingerprint density at radius 2 is 1.96 bits per heavy atom. The van der Waals surface area contributed by atoms with Gasteiger partial charge in [-0.1, -0.05) is 0 Å². The summed E-state index contributed by atoms with van der Waals surface area (Å²) in [6.07, 6.45) is 3.35. The Balaban J connectivity index is 2.02. The van der Waals surface area contributed by atoms with Gasteiger partial charge in [-0.15, -0.1) is 5.10 Å². The van der Waals surface area contributed by atoms with E-state index in [2.05, 4.69) is 14.8 Å². The van der Waals surface area contributed by atoms with Crippen LogP contribution in [-0.2, 0) is 17.5 Å². The smallest absolute Gasteiger partial charge is 0.152 e. The number of nitrogens with zero attached hydrogens (tertiary/aromatic N) is 4. The Bertz CT molecular complexity index is 756. The van der Waals surface area contributed by atoms with Crippen LogP contribution >= 0.6 is 0 Å². The number of hydrogen-bond donors (Lipinski definition) is 3. The third kappa shape index (κ3) is 5.13. The van der Waals surface area contributed by atoms with Crippen LogP contribution in [0.5, 0.6) is 0 Å². The maximum Gasteiger partial charge on any atom is 0.152 e. The largest absolute Gasteiger partial charge is 0.382 e. The molecule has 24 heavy (non-hydrogen) atoms. The molecule has 124 valence electrons. The summed E-state index contributed by atoms with van der Waals surface area (Å²) < 4.78 is 14.4. The van der Waals surface area contributed by atoms with Gasteiger partial charge in [0.1, 0.15) is 11.0 Å². The summed E-state index contributed by atoms with van der Waals surface area (Å²) in [5, 5.41) is 13.8. The highest BCUT2D eigenvalue weighted by atomic mass is 32.2. The average Bonchev–Trinajstić information content (AvgIpc) is 2.60. The molecule has 0 fully saturated rings. The highest BCUT2D eigenvalue weighted by Crippen LogP contribution is 2.08. The van der Waals surface area contributed by atoms with Crippen LogP contribution in [0, 0.1) is 11.3 Å². The lowest BCUT2D eigenvalue weighted by Gasteiger charge is -2.13. The molecule has 1 aromatic heterocycles. The van der Waals surface area contributed by atoms with E-state index in [1.54, 1.807) is 36.7 Å². The van der Waals surface area contributed by atoms with Gasteiger partial charge in [-0.05, 0) is 42.0 Å². The number of nitriles is 1. The van der Waals surface area contributed by atoms with Crippen LogP contribution < -0.4 is 16.3 Å². The summed E-state index contributed by atoms with van der Waals surface area (Å²) in [7, 11) is -1.44. The van der Waals surface area contributed by atoms with Gasteiger partial charge in [-0.2, -0.15) is 5.26 Å². The lowest BCUT2D eigenvalue weighted by molar-refractivity contribution is 0.290. The highest BCUT2D eigenvalue weighted by molar-refractivity contribution is 7.83. The fourth-order valence-electron chi connectivity index (χ4n) is 1.84. The zero-order valence-electron chi connectivity index (χ0n) is 12.8. The van der Waals surface area contributed by atoms with Gasteiger partial charge < -0.3 is 5.73 Å². The maximum atomic E-state index is 11.8. The first-order valence-corrected chi connectivity index (χ1v) is 8.13. The third-order valence-corrected chi connectivity index (χ3v) is 4.08. The fraction of sp³-hybridized carbons (Fsp3) is 0.133. The standard InChI is InChI=1S/C15H17N7OS/c16-7-10-20-24(23)14-3-1-13(2-4-14)15(17)21-22(18)11-12-5-8-19-9-6-12/h1-6,8-9,20H,10-11,18H2,(H2,17,21). The van der Waals surface area contributed by atoms with Gasteiger partial charge in [0, 0.05) is 18.0 Å². The molecule has 0 aliphatic heterocycles. The first-order chi connectivity index (χ1) is 11.6. The average molecular weight is 343 g/mol.